The van der Waals surface area contributed by atoms with Crippen molar-refractivity contribution in [1.29, 1.82) is 0 Å². The predicted octanol–water partition coefficient (Wildman–Crippen LogP) is 3.36. The van der Waals surface area contributed by atoms with Crippen LogP contribution in [-0.2, 0) is 0 Å². The third-order valence-corrected chi connectivity index (χ3v) is 4.79. The van der Waals surface area contributed by atoms with Gasteiger partial charge in [0.1, 0.15) is 0 Å². The minimum atomic E-state index is 0.301. The highest BCUT2D eigenvalue weighted by molar-refractivity contribution is 5.79. The molecule has 0 amide bonds. The molecule has 112 valence electrons. The van der Waals surface area contributed by atoms with Gasteiger partial charge in [-0.25, -0.2) is 0 Å². The number of hydrogen-bond acceptors (Lipinski definition) is 3. The first-order chi connectivity index (χ1) is 10.3. The van der Waals surface area contributed by atoms with E-state index in [1.54, 1.807) is 0 Å². The lowest BCUT2D eigenvalue weighted by atomic mass is 10.0. The van der Waals surface area contributed by atoms with Crippen LogP contribution >= 0.6 is 0 Å². The van der Waals surface area contributed by atoms with E-state index in [0.29, 0.717) is 12.6 Å². The summed E-state index contributed by atoms with van der Waals surface area (Å²) in [4.78, 5) is 6.83. The fourth-order valence-corrected chi connectivity index (χ4v) is 3.60. The van der Waals surface area contributed by atoms with Crippen molar-refractivity contribution in [2.75, 3.05) is 20.1 Å². The third-order valence-electron chi connectivity index (χ3n) is 4.79. The molecule has 0 spiro atoms. The number of fused-ring (bicyclic) bond motifs is 1. The van der Waals surface area contributed by atoms with Crippen molar-refractivity contribution < 1.29 is 0 Å². The zero-order valence-electron chi connectivity index (χ0n) is 12.8. The number of pyridine rings is 1. The molecular formula is C18H25N3. The topological polar surface area (TPSA) is 42.1 Å². The molecule has 3 rings (SSSR count). The summed E-state index contributed by atoms with van der Waals surface area (Å²) < 4.78 is 0. The lowest BCUT2D eigenvalue weighted by Crippen LogP contribution is -2.33. The standard InChI is InChI=1S/C18H25N3/c1-21(13-14-5-2-3-6-14)18(12-19)16-8-9-17-15(11-16)7-4-10-20-17/h4,7-11,14,18H,2-3,5-6,12-13,19H2,1H3. The van der Waals surface area contributed by atoms with Gasteiger partial charge >= 0.3 is 0 Å². The molecule has 3 nitrogen and oxygen atoms in total. The highest BCUT2D eigenvalue weighted by Crippen LogP contribution is 2.28. The number of nitrogens with zero attached hydrogens (tertiary/aromatic N) is 2. The van der Waals surface area contributed by atoms with E-state index in [1.165, 1.54) is 36.6 Å². The minimum absolute atomic E-state index is 0.301. The summed E-state index contributed by atoms with van der Waals surface area (Å²) in [5, 5.41) is 1.20. The summed E-state index contributed by atoms with van der Waals surface area (Å²) >= 11 is 0. The Morgan fingerprint density at radius 1 is 1.29 bits per heavy atom. The molecular weight excluding hydrogens is 258 g/mol. The number of nitrogens with two attached hydrogens (primary N) is 1. The van der Waals surface area contributed by atoms with Crippen molar-refractivity contribution in [3.63, 3.8) is 0 Å². The summed E-state index contributed by atoms with van der Waals surface area (Å²) in [6.45, 7) is 1.82. The Labute approximate surface area is 127 Å². The Kier molecular flexibility index (Phi) is 4.51. The predicted molar refractivity (Wildman–Crippen MR) is 88.1 cm³/mol. The van der Waals surface area contributed by atoms with E-state index in [-0.39, 0.29) is 0 Å². The molecule has 21 heavy (non-hydrogen) atoms. The highest BCUT2D eigenvalue weighted by Gasteiger charge is 2.22. The summed E-state index contributed by atoms with van der Waals surface area (Å²) in [7, 11) is 2.21. The van der Waals surface area contributed by atoms with E-state index >= 15 is 0 Å². The Hall–Kier alpha value is -1.45. The molecule has 1 fully saturated rings. The van der Waals surface area contributed by atoms with Crippen molar-refractivity contribution in [1.82, 2.24) is 9.88 Å². The first-order valence-electron chi connectivity index (χ1n) is 8.03. The largest absolute Gasteiger partial charge is 0.329 e. The van der Waals surface area contributed by atoms with Crippen LogP contribution in [0.1, 0.15) is 37.3 Å². The lowest BCUT2D eigenvalue weighted by Gasteiger charge is -2.29. The average Bonchev–Trinajstić information content (AvgIpc) is 3.01. The van der Waals surface area contributed by atoms with Gasteiger partial charge in [-0.3, -0.25) is 9.88 Å². The SMILES string of the molecule is CN(CC1CCCC1)C(CN)c1ccc2ncccc2c1. The molecule has 0 bridgehead atoms. The minimum Gasteiger partial charge on any atom is -0.329 e. The molecule has 3 heteroatoms. The second kappa shape index (κ2) is 6.54. The monoisotopic (exact) mass is 283 g/mol. The zero-order valence-corrected chi connectivity index (χ0v) is 12.8. The van der Waals surface area contributed by atoms with Gasteiger partial charge in [0, 0.05) is 30.7 Å². The summed E-state index contributed by atoms with van der Waals surface area (Å²) in [5.41, 5.74) is 8.42. The van der Waals surface area contributed by atoms with Crippen molar-refractivity contribution in [2.24, 2.45) is 11.7 Å². The second-order valence-electron chi connectivity index (χ2n) is 6.30. The van der Waals surface area contributed by atoms with Gasteiger partial charge in [-0.15, -0.1) is 0 Å². The van der Waals surface area contributed by atoms with Crippen LogP contribution in [-0.4, -0.2) is 30.0 Å². The van der Waals surface area contributed by atoms with Gasteiger partial charge in [0.15, 0.2) is 0 Å². The summed E-state index contributed by atoms with van der Waals surface area (Å²) in [6.07, 6.45) is 7.39. The molecule has 1 aliphatic carbocycles. The molecule has 0 aliphatic heterocycles. The van der Waals surface area contributed by atoms with Gasteiger partial charge < -0.3 is 5.73 Å². The molecule has 2 aromatic rings. The number of rotatable bonds is 5. The summed E-state index contributed by atoms with van der Waals surface area (Å²) in [6, 6.07) is 10.9. The van der Waals surface area contributed by atoms with Gasteiger partial charge in [0.2, 0.25) is 0 Å². The Morgan fingerprint density at radius 3 is 2.86 bits per heavy atom. The van der Waals surface area contributed by atoms with Crippen molar-refractivity contribution >= 4 is 10.9 Å². The van der Waals surface area contributed by atoms with E-state index in [2.05, 4.69) is 41.2 Å². The highest BCUT2D eigenvalue weighted by atomic mass is 15.1. The van der Waals surface area contributed by atoms with Gasteiger partial charge in [0.25, 0.3) is 0 Å². The van der Waals surface area contributed by atoms with Gasteiger partial charge in [-0.05, 0) is 49.6 Å². The first-order valence-corrected chi connectivity index (χ1v) is 8.03. The molecule has 1 aromatic heterocycles. The Bertz CT molecular complexity index is 590. The molecule has 1 aliphatic rings. The van der Waals surface area contributed by atoms with Crippen LogP contribution in [0.25, 0.3) is 10.9 Å². The molecule has 0 radical (unpaired) electrons. The number of likely N-dealkylation sites (N-methyl/N-ethyl adjacent to an activating group) is 1. The van der Waals surface area contributed by atoms with Gasteiger partial charge in [0.05, 0.1) is 5.52 Å². The maximum atomic E-state index is 6.07. The fraction of sp³-hybridized carbons (Fsp3) is 0.500. The Balaban J connectivity index is 1.79. The average molecular weight is 283 g/mol. The van der Waals surface area contributed by atoms with Crippen molar-refractivity contribution in [3.8, 4) is 0 Å². The van der Waals surface area contributed by atoms with Crippen LogP contribution < -0.4 is 5.73 Å². The van der Waals surface area contributed by atoms with Crippen LogP contribution in [0.2, 0.25) is 0 Å². The number of hydrogen-bond donors (Lipinski definition) is 1. The maximum absolute atomic E-state index is 6.07. The van der Waals surface area contributed by atoms with Crippen molar-refractivity contribution in [2.45, 2.75) is 31.7 Å². The van der Waals surface area contributed by atoms with Gasteiger partial charge in [-0.1, -0.05) is 25.0 Å². The lowest BCUT2D eigenvalue weighted by molar-refractivity contribution is 0.212. The van der Waals surface area contributed by atoms with E-state index in [1.807, 2.05) is 12.3 Å². The zero-order chi connectivity index (χ0) is 14.7. The molecule has 1 aromatic carbocycles. The van der Waals surface area contributed by atoms with Crippen molar-refractivity contribution in [3.05, 3.63) is 42.1 Å². The molecule has 2 N–H and O–H groups in total. The molecule has 1 unspecified atom stereocenters. The molecule has 1 heterocycles. The molecule has 0 saturated heterocycles. The van der Waals surface area contributed by atoms with Crippen LogP contribution in [0.3, 0.4) is 0 Å². The van der Waals surface area contributed by atoms with E-state index in [0.717, 1.165) is 18.0 Å². The van der Waals surface area contributed by atoms with Gasteiger partial charge in [-0.2, -0.15) is 0 Å². The fourth-order valence-electron chi connectivity index (χ4n) is 3.60. The first kappa shape index (κ1) is 14.5. The summed E-state index contributed by atoms with van der Waals surface area (Å²) in [5.74, 6) is 0.853. The smallest absolute Gasteiger partial charge is 0.0702 e. The molecule has 1 saturated carbocycles. The van der Waals surface area contributed by atoms with Crippen LogP contribution in [0, 0.1) is 5.92 Å². The van der Waals surface area contributed by atoms with Crippen LogP contribution in [0.15, 0.2) is 36.5 Å². The van der Waals surface area contributed by atoms with Crippen LogP contribution in [0.4, 0.5) is 0 Å². The third kappa shape index (κ3) is 3.25. The quantitative estimate of drug-likeness (QED) is 0.915. The number of aromatic nitrogens is 1. The number of benzene rings is 1. The normalized spacial score (nSPS) is 17.7. The van der Waals surface area contributed by atoms with E-state index in [4.69, 9.17) is 5.73 Å². The Morgan fingerprint density at radius 2 is 2.10 bits per heavy atom. The maximum Gasteiger partial charge on any atom is 0.0702 e. The van der Waals surface area contributed by atoms with E-state index < -0.39 is 0 Å². The van der Waals surface area contributed by atoms with E-state index in [9.17, 15) is 0 Å². The second-order valence-corrected chi connectivity index (χ2v) is 6.30. The molecule has 1 atom stereocenters. The van der Waals surface area contributed by atoms with Crippen LogP contribution in [0.5, 0.6) is 0 Å².